The SMILES string of the molecule is CC.CC1CCC(CC2CCN(C)CC2)CC1. The van der Waals surface area contributed by atoms with Gasteiger partial charge in [0.05, 0.1) is 0 Å². The third-order valence-corrected chi connectivity index (χ3v) is 4.64. The molecule has 17 heavy (non-hydrogen) atoms. The molecule has 0 unspecified atom stereocenters. The quantitative estimate of drug-likeness (QED) is 0.682. The second-order valence-corrected chi connectivity index (χ2v) is 6.11. The normalized spacial score (nSPS) is 31.8. The summed E-state index contributed by atoms with van der Waals surface area (Å²) < 4.78 is 0. The van der Waals surface area contributed by atoms with Gasteiger partial charge in [0, 0.05) is 0 Å². The molecule has 102 valence electrons. The second-order valence-electron chi connectivity index (χ2n) is 6.11. The Kier molecular flexibility index (Phi) is 7.18. The predicted octanol–water partition coefficient (Wildman–Crippen LogP) is 4.57. The average Bonchev–Trinajstić information content (AvgIpc) is 2.37. The molecule has 0 N–H and O–H groups in total. The first-order chi connectivity index (χ1) is 8.24. The lowest BCUT2D eigenvalue weighted by molar-refractivity contribution is 0.173. The van der Waals surface area contributed by atoms with Crippen LogP contribution in [0.4, 0.5) is 0 Å². The molecule has 1 saturated carbocycles. The summed E-state index contributed by atoms with van der Waals surface area (Å²) in [6, 6.07) is 0. The highest BCUT2D eigenvalue weighted by Crippen LogP contribution is 2.34. The van der Waals surface area contributed by atoms with E-state index in [1.165, 1.54) is 51.6 Å². The lowest BCUT2D eigenvalue weighted by atomic mass is 9.77. The van der Waals surface area contributed by atoms with Gasteiger partial charge in [-0.1, -0.05) is 46.5 Å². The molecule has 0 aromatic carbocycles. The molecule has 0 radical (unpaired) electrons. The van der Waals surface area contributed by atoms with E-state index in [0.717, 1.165) is 17.8 Å². The summed E-state index contributed by atoms with van der Waals surface area (Å²) >= 11 is 0. The van der Waals surface area contributed by atoms with Crippen molar-refractivity contribution < 1.29 is 0 Å². The maximum Gasteiger partial charge on any atom is -0.00191 e. The van der Waals surface area contributed by atoms with Crippen LogP contribution in [-0.4, -0.2) is 25.0 Å². The molecule has 2 fully saturated rings. The van der Waals surface area contributed by atoms with Gasteiger partial charge in [-0.05, 0) is 57.2 Å². The Morgan fingerprint density at radius 3 is 1.82 bits per heavy atom. The van der Waals surface area contributed by atoms with Crippen molar-refractivity contribution in [3.63, 3.8) is 0 Å². The zero-order valence-electron chi connectivity index (χ0n) is 12.5. The molecule has 0 bridgehead atoms. The van der Waals surface area contributed by atoms with Gasteiger partial charge in [-0.25, -0.2) is 0 Å². The Balaban J connectivity index is 0.000000686. The van der Waals surface area contributed by atoms with E-state index in [2.05, 4.69) is 18.9 Å². The van der Waals surface area contributed by atoms with Crippen molar-refractivity contribution >= 4 is 0 Å². The van der Waals surface area contributed by atoms with Crippen molar-refractivity contribution in [2.24, 2.45) is 17.8 Å². The Morgan fingerprint density at radius 2 is 1.29 bits per heavy atom. The molecule has 1 saturated heterocycles. The van der Waals surface area contributed by atoms with E-state index in [9.17, 15) is 0 Å². The molecule has 1 nitrogen and oxygen atoms in total. The van der Waals surface area contributed by atoms with E-state index in [-0.39, 0.29) is 0 Å². The molecule has 0 atom stereocenters. The van der Waals surface area contributed by atoms with Gasteiger partial charge in [0.1, 0.15) is 0 Å². The van der Waals surface area contributed by atoms with Crippen LogP contribution in [0.3, 0.4) is 0 Å². The topological polar surface area (TPSA) is 3.24 Å². The number of rotatable bonds is 2. The molecule has 0 amide bonds. The van der Waals surface area contributed by atoms with Crippen LogP contribution < -0.4 is 0 Å². The molecule has 1 heterocycles. The van der Waals surface area contributed by atoms with Crippen LogP contribution in [0.25, 0.3) is 0 Å². The number of piperidine rings is 1. The van der Waals surface area contributed by atoms with Crippen molar-refractivity contribution in [1.29, 1.82) is 0 Å². The fourth-order valence-electron chi connectivity index (χ4n) is 3.33. The van der Waals surface area contributed by atoms with Crippen molar-refractivity contribution in [3.8, 4) is 0 Å². The third-order valence-electron chi connectivity index (χ3n) is 4.64. The van der Waals surface area contributed by atoms with Gasteiger partial charge in [-0.2, -0.15) is 0 Å². The first kappa shape index (κ1) is 15.0. The van der Waals surface area contributed by atoms with Crippen LogP contribution in [0.2, 0.25) is 0 Å². The first-order valence-corrected chi connectivity index (χ1v) is 7.92. The summed E-state index contributed by atoms with van der Waals surface area (Å²) in [4.78, 5) is 2.49. The number of nitrogens with zero attached hydrogens (tertiary/aromatic N) is 1. The van der Waals surface area contributed by atoms with Crippen molar-refractivity contribution in [3.05, 3.63) is 0 Å². The van der Waals surface area contributed by atoms with Gasteiger partial charge in [-0.3, -0.25) is 0 Å². The highest BCUT2D eigenvalue weighted by atomic mass is 15.1. The third kappa shape index (κ3) is 5.42. The van der Waals surface area contributed by atoms with Crippen LogP contribution in [-0.2, 0) is 0 Å². The average molecular weight is 239 g/mol. The van der Waals surface area contributed by atoms with Gasteiger partial charge in [0.2, 0.25) is 0 Å². The van der Waals surface area contributed by atoms with Crippen LogP contribution in [0.1, 0.15) is 65.7 Å². The van der Waals surface area contributed by atoms with E-state index in [1.54, 1.807) is 6.42 Å². The number of likely N-dealkylation sites (tertiary alicyclic amines) is 1. The fourth-order valence-corrected chi connectivity index (χ4v) is 3.33. The molecule has 2 rings (SSSR count). The van der Waals surface area contributed by atoms with Gasteiger partial charge in [0.15, 0.2) is 0 Å². The standard InChI is InChI=1S/C14H27N.C2H6/c1-12-3-5-13(6-4-12)11-14-7-9-15(2)10-8-14;1-2/h12-14H,3-11H2,1-2H3;1-2H3. The molecule has 1 aliphatic heterocycles. The fraction of sp³-hybridized carbons (Fsp3) is 1.00. The zero-order chi connectivity index (χ0) is 12.7. The largest absolute Gasteiger partial charge is 0.306 e. The molecule has 0 aromatic heterocycles. The highest BCUT2D eigenvalue weighted by molar-refractivity contribution is 4.76. The van der Waals surface area contributed by atoms with Crippen LogP contribution >= 0.6 is 0 Å². The number of hydrogen-bond acceptors (Lipinski definition) is 1. The monoisotopic (exact) mass is 239 g/mol. The maximum atomic E-state index is 2.49. The summed E-state index contributed by atoms with van der Waals surface area (Å²) in [5.74, 6) is 3.15. The van der Waals surface area contributed by atoms with Crippen molar-refractivity contribution in [2.45, 2.75) is 65.7 Å². The van der Waals surface area contributed by atoms with Gasteiger partial charge < -0.3 is 4.90 Å². The van der Waals surface area contributed by atoms with Gasteiger partial charge >= 0.3 is 0 Å². The van der Waals surface area contributed by atoms with Gasteiger partial charge in [0.25, 0.3) is 0 Å². The van der Waals surface area contributed by atoms with Gasteiger partial charge in [-0.15, -0.1) is 0 Å². The van der Waals surface area contributed by atoms with Crippen LogP contribution in [0, 0.1) is 17.8 Å². The summed E-state index contributed by atoms with van der Waals surface area (Å²) in [5.41, 5.74) is 0. The molecule has 1 heteroatoms. The predicted molar refractivity (Wildman–Crippen MR) is 77.3 cm³/mol. The Labute approximate surface area is 109 Å². The zero-order valence-corrected chi connectivity index (χ0v) is 12.5. The van der Waals surface area contributed by atoms with E-state index in [0.29, 0.717) is 0 Å². The Morgan fingerprint density at radius 1 is 0.824 bits per heavy atom. The number of hydrogen-bond donors (Lipinski definition) is 0. The lowest BCUT2D eigenvalue weighted by Gasteiger charge is -2.33. The highest BCUT2D eigenvalue weighted by Gasteiger charge is 2.23. The molecule has 0 spiro atoms. The van der Waals surface area contributed by atoms with Crippen molar-refractivity contribution in [2.75, 3.05) is 20.1 Å². The molecule has 0 aromatic rings. The lowest BCUT2D eigenvalue weighted by Crippen LogP contribution is -2.31. The second kappa shape index (κ2) is 8.13. The molecular weight excluding hydrogens is 206 g/mol. The Hall–Kier alpha value is -0.0400. The van der Waals surface area contributed by atoms with E-state index in [1.807, 2.05) is 13.8 Å². The van der Waals surface area contributed by atoms with Crippen LogP contribution in [0.15, 0.2) is 0 Å². The summed E-state index contributed by atoms with van der Waals surface area (Å²) in [6.45, 7) is 9.10. The maximum absolute atomic E-state index is 2.49. The molecular formula is C16H33N. The van der Waals surface area contributed by atoms with Crippen LogP contribution in [0.5, 0.6) is 0 Å². The summed E-state index contributed by atoms with van der Waals surface area (Å²) in [7, 11) is 2.26. The molecule has 2 aliphatic rings. The smallest absolute Gasteiger partial charge is 0.00191 e. The summed E-state index contributed by atoms with van der Waals surface area (Å²) in [6.07, 6.45) is 10.5. The van der Waals surface area contributed by atoms with E-state index < -0.39 is 0 Å². The first-order valence-electron chi connectivity index (χ1n) is 7.92. The minimum absolute atomic E-state index is 1.01. The van der Waals surface area contributed by atoms with Crippen molar-refractivity contribution in [1.82, 2.24) is 4.90 Å². The molecule has 1 aliphatic carbocycles. The minimum atomic E-state index is 1.01. The van der Waals surface area contributed by atoms with E-state index >= 15 is 0 Å². The summed E-state index contributed by atoms with van der Waals surface area (Å²) in [5, 5.41) is 0. The Bertz CT molecular complexity index is 154. The minimum Gasteiger partial charge on any atom is -0.306 e. The van der Waals surface area contributed by atoms with E-state index in [4.69, 9.17) is 0 Å².